The van der Waals surface area contributed by atoms with Gasteiger partial charge in [0.1, 0.15) is 12.4 Å². The third-order valence-corrected chi connectivity index (χ3v) is 7.23. The predicted octanol–water partition coefficient (Wildman–Crippen LogP) is 5.62. The van der Waals surface area contributed by atoms with Gasteiger partial charge in [-0.2, -0.15) is 0 Å². The van der Waals surface area contributed by atoms with E-state index in [0.29, 0.717) is 29.7 Å². The Kier molecular flexibility index (Phi) is 8.80. The highest BCUT2D eigenvalue weighted by molar-refractivity contribution is 6.30. The second-order valence-electron chi connectivity index (χ2n) is 9.48. The Morgan fingerprint density at radius 1 is 1.06 bits per heavy atom. The van der Waals surface area contributed by atoms with Crippen molar-refractivity contribution in [1.82, 2.24) is 19.8 Å². The number of carbonyl (C=O) groups is 2. The number of carbonyl (C=O) groups excluding carboxylic acids is 2. The Morgan fingerprint density at radius 3 is 2.66 bits per heavy atom. The number of rotatable bonds is 10. The lowest BCUT2D eigenvalue weighted by atomic mass is 9.94. The molecule has 1 saturated carbocycles. The quantitative estimate of drug-likeness (QED) is 0.372. The van der Waals surface area contributed by atoms with Crippen LogP contribution in [0.25, 0.3) is 11.0 Å². The van der Waals surface area contributed by atoms with Gasteiger partial charge in [0.25, 0.3) is 5.91 Å². The van der Waals surface area contributed by atoms with E-state index < -0.39 is 0 Å². The molecule has 3 aromatic rings. The van der Waals surface area contributed by atoms with E-state index in [1.807, 2.05) is 36.2 Å². The van der Waals surface area contributed by atoms with E-state index in [4.69, 9.17) is 16.6 Å². The van der Waals surface area contributed by atoms with Crippen molar-refractivity contribution in [2.24, 2.45) is 0 Å². The first-order valence-electron chi connectivity index (χ1n) is 12.8. The fraction of sp³-hybridized carbons (Fsp3) is 0.464. The van der Waals surface area contributed by atoms with Crippen molar-refractivity contribution in [2.75, 3.05) is 13.6 Å². The first kappa shape index (κ1) is 25.2. The molecular weight excluding hydrogens is 460 g/mol. The van der Waals surface area contributed by atoms with E-state index in [-0.39, 0.29) is 11.8 Å². The number of likely N-dealkylation sites (N-methyl/N-ethyl adjacent to an activating group) is 1. The van der Waals surface area contributed by atoms with Crippen molar-refractivity contribution in [2.45, 2.75) is 70.4 Å². The smallest absolute Gasteiger partial charge is 0.251 e. The monoisotopic (exact) mass is 494 g/mol. The highest BCUT2D eigenvalue weighted by Crippen LogP contribution is 2.23. The number of halogens is 1. The minimum Gasteiger partial charge on any atom is -0.352 e. The van der Waals surface area contributed by atoms with Crippen LogP contribution in [0.15, 0.2) is 48.5 Å². The molecule has 2 aromatic carbocycles. The molecule has 2 amide bonds. The Morgan fingerprint density at radius 2 is 1.86 bits per heavy atom. The minimum absolute atomic E-state index is 0.102. The summed E-state index contributed by atoms with van der Waals surface area (Å²) < 4.78 is 2.10. The zero-order chi connectivity index (χ0) is 24.6. The number of amides is 2. The van der Waals surface area contributed by atoms with E-state index >= 15 is 0 Å². The van der Waals surface area contributed by atoms with Gasteiger partial charge in [0, 0.05) is 36.6 Å². The zero-order valence-corrected chi connectivity index (χ0v) is 21.3. The summed E-state index contributed by atoms with van der Waals surface area (Å²) in [6.07, 6.45) is 9.51. The summed E-state index contributed by atoms with van der Waals surface area (Å²) >= 11 is 5.97. The van der Waals surface area contributed by atoms with E-state index in [9.17, 15) is 9.59 Å². The molecule has 0 saturated heterocycles. The topological polar surface area (TPSA) is 67.2 Å². The van der Waals surface area contributed by atoms with Crippen molar-refractivity contribution >= 4 is 34.4 Å². The van der Waals surface area contributed by atoms with E-state index in [1.165, 1.54) is 19.3 Å². The van der Waals surface area contributed by atoms with Crippen LogP contribution >= 0.6 is 11.6 Å². The lowest BCUT2D eigenvalue weighted by molar-refractivity contribution is -0.133. The third kappa shape index (κ3) is 6.63. The standard InChI is InChI=1S/C28H35ClN4O2/c1-32(23-13-4-2-5-14-23)27(34)20-33-25-16-8-7-15-24(25)31-26(33)17-6-3-9-18-30-28(35)21-11-10-12-22(29)19-21/h7-8,10-12,15-16,19,23H,2-6,9,13-14,17-18,20H2,1H3,(H,30,35). The molecule has 1 aliphatic rings. The van der Waals surface area contributed by atoms with E-state index in [0.717, 1.165) is 55.4 Å². The van der Waals surface area contributed by atoms with Crippen LogP contribution in [-0.2, 0) is 17.8 Å². The Bertz CT molecular complexity index is 1150. The molecule has 1 N–H and O–H groups in total. The molecule has 1 aromatic heterocycles. The van der Waals surface area contributed by atoms with Gasteiger partial charge in [-0.1, -0.05) is 55.5 Å². The maximum absolute atomic E-state index is 13.2. The summed E-state index contributed by atoms with van der Waals surface area (Å²) in [5, 5.41) is 3.52. The molecule has 0 unspecified atom stereocenters. The molecule has 1 fully saturated rings. The van der Waals surface area contributed by atoms with E-state index in [2.05, 4.69) is 9.88 Å². The SMILES string of the molecule is CN(C(=O)Cn1c(CCCCCNC(=O)c2cccc(Cl)c2)nc2ccccc21)C1CCCCC1. The molecule has 4 rings (SSSR count). The largest absolute Gasteiger partial charge is 0.352 e. The highest BCUT2D eigenvalue weighted by atomic mass is 35.5. The Hall–Kier alpha value is -2.86. The number of para-hydroxylation sites is 2. The van der Waals surface area contributed by atoms with Gasteiger partial charge < -0.3 is 14.8 Å². The van der Waals surface area contributed by atoms with Crippen LogP contribution in [0.2, 0.25) is 5.02 Å². The average Bonchev–Trinajstić information content (AvgIpc) is 3.23. The van der Waals surface area contributed by atoms with Crippen LogP contribution in [0, 0.1) is 0 Å². The lowest BCUT2D eigenvalue weighted by Gasteiger charge is -2.31. The van der Waals surface area contributed by atoms with Crippen LogP contribution in [-0.4, -0.2) is 45.9 Å². The molecule has 0 bridgehead atoms. The van der Waals surface area contributed by atoms with Gasteiger partial charge in [0.2, 0.25) is 5.91 Å². The average molecular weight is 495 g/mol. The van der Waals surface area contributed by atoms with Crippen molar-refractivity contribution in [3.05, 3.63) is 64.9 Å². The Labute approximate surface area is 212 Å². The van der Waals surface area contributed by atoms with Crippen LogP contribution < -0.4 is 5.32 Å². The van der Waals surface area contributed by atoms with Crippen molar-refractivity contribution in [1.29, 1.82) is 0 Å². The minimum atomic E-state index is -0.102. The highest BCUT2D eigenvalue weighted by Gasteiger charge is 2.23. The van der Waals surface area contributed by atoms with Crippen molar-refractivity contribution < 1.29 is 9.59 Å². The van der Waals surface area contributed by atoms with Crippen LogP contribution in [0.3, 0.4) is 0 Å². The van der Waals surface area contributed by atoms with Gasteiger partial charge in [0.05, 0.1) is 11.0 Å². The third-order valence-electron chi connectivity index (χ3n) is 6.99. The second-order valence-corrected chi connectivity index (χ2v) is 9.91. The summed E-state index contributed by atoms with van der Waals surface area (Å²) in [6, 6.07) is 15.4. The summed E-state index contributed by atoms with van der Waals surface area (Å²) in [4.78, 5) is 32.2. The van der Waals surface area contributed by atoms with Gasteiger partial charge in [0.15, 0.2) is 0 Å². The number of hydrogen-bond acceptors (Lipinski definition) is 3. The summed E-state index contributed by atoms with van der Waals surface area (Å²) in [5.74, 6) is 1.01. The summed E-state index contributed by atoms with van der Waals surface area (Å²) in [5.41, 5.74) is 2.53. The number of imidazole rings is 1. The van der Waals surface area contributed by atoms with Crippen molar-refractivity contribution in [3.63, 3.8) is 0 Å². The number of fused-ring (bicyclic) bond motifs is 1. The first-order chi connectivity index (χ1) is 17.0. The molecule has 1 heterocycles. The molecule has 0 radical (unpaired) electrons. The number of nitrogens with zero attached hydrogens (tertiary/aromatic N) is 3. The second kappa shape index (κ2) is 12.2. The number of benzene rings is 2. The zero-order valence-electron chi connectivity index (χ0n) is 20.5. The molecule has 7 heteroatoms. The van der Waals surface area contributed by atoms with Gasteiger partial charge in [-0.05, 0) is 56.0 Å². The molecule has 0 spiro atoms. The molecule has 186 valence electrons. The number of aromatic nitrogens is 2. The van der Waals surface area contributed by atoms with Gasteiger partial charge >= 0.3 is 0 Å². The lowest BCUT2D eigenvalue weighted by Crippen LogP contribution is -2.40. The number of unbranched alkanes of at least 4 members (excludes halogenated alkanes) is 2. The van der Waals surface area contributed by atoms with E-state index in [1.54, 1.807) is 24.3 Å². The summed E-state index contributed by atoms with van der Waals surface area (Å²) in [7, 11) is 1.95. The maximum Gasteiger partial charge on any atom is 0.251 e. The van der Waals surface area contributed by atoms with Crippen LogP contribution in [0.1, 0.15) is 67.5 Å². The fourth-order valence-corrected chi connectivity index (χ4v) is 5.12. The number of hydrogen-bond donors (Lipinski definition) is 1. The molecule has 35 heavy (non-hydrogen) atoms. The van der Waals surface area contributed by atoms with Gasteiger partial charge in [-0.25, -0.2) is 4.98 Å². The maximum atomic E-state index is 13.2. The number of nitrogens with one attached hydrogen (secondary N) is 1. The van der Waals surface area contributed by atoms with Gasteiger partial charge in [-0.3, -0.25) is 9.59 Å². The molecule has 0 atom stereocenters. The molecule has 6 nitrogen and oxygen atoms in total. The fourth-order valence-electron chi connectivity index (χ4n) is 4.93. The molecule has 0 aliphatic heterocycles. The summed E-state index contributed by atoms with van der Waals surface area (Å²) in [6.45, 7) is 0.949. The molecule has 1 aliphatic carbocycles. The normalized spacial score (nSPS) is 14.2. The van der Waals surface area contributed by atoms with Crippen LogP contribution in [0.5, 0.6) is 0 Å². The van der Waals surface area contributed by atoms with Gasteiger partial charge in [-0.15, -0.1) is 0 Å². The number of aryl methyl sites for hydroxylation is 1. The predicted molar refractivity (Wildman–Crippen MR) is 141 cm³/mol. The first-order valence-corrected chi connectivity index (χ1v) is 13.1. The molecular formula is C28H35ClN4O2. The van der Waals surface area contributed by atoms with Crippen LogP contribution in [0.4, 0.5) is 0 Å². The van der Waals surface area contributed by atoms with Crippen molar-refractivity contribution in [3.8, 4) is 0 Å². The Balaban J connectivity index is 1.30.